The van der Waals surface area contributed by atoms with Gasteiger partial charge in [-0.1, -0.05) is 32.9 Å². The Morgan fingerprint density at radius 2 is 1.69 bits per heavy atom. The van der Waals surface area contributed by atoms with Crippen molar-refractivity contribution in [3.63, 3.8) is 0 Å². The van der Waals surface area contributed by atoms with Gasteiger partial charge in [0.15, 0.2) is 0 Å². The van der Waals surface area contributed by atoms with Crippen LogP contribution in [0.15, 0.2) is 24.3 Å². The van der Waals surface area contributed by atoms with Gasteiger partial charge in [-0.25, -0.2) is 8.42 Å². The van der Waals surface area contributed by atoms with Crippen molar-refractivity contribution in [3.8, 4) is 0 Å². The van der Waals surface area contributed by atoms with E-state index in [4.69, 9.17) is 0 Å². The lowest BCUT2D eigenvalue weighted by molar-refractivity contribution is -0.114. The molecule has 0 saturated carbocycles. The molecule has 0 saturated heterocycles. The van der Waals surface area contributed by atoms with Gasteiger partial charge >= 0.3 is 0 Å². The number of carbonyl (C=O) groups excluding carboxylic acids is 1. The summed E-state index contributed by atoms with van der Waals surface area (Å²) in [5.41, 5.74) is 1.72. The summed E-state index contributed by atoms with van der Waals surface area (Å²) < 4.78 is 25.7. The second-order valence-corrected chi connectivity index (χ2v) is 10.1. The largest absolute Gasteiger partial charge is 0.394 e. The van der Waals surface area contributed by atoms with E-state index in [9.17, 15) is 18.3 Å². The van der Waals surface area contributed by atoms with Gasteiger partial charge in [-0.2, -0.15) is 15.0 Å². The van der Waals surface area contributed by atoms with Crippen LogP contribution in [0, 0.1) is 5.92 Å². The Labute approximate surface area is 189 Å². The molecule has 32 heavy (non-hydrogen) atoms. The third-order valence-corrected chi connectivity index (χ3v) is 5.11. The average Bonchev–Trinajstić information content (AvgIpc) is 2.65. The monoisotopic (exact) mass is 464 g/mol. The molecule has 10 nitrogen and oxygen atoms in total. The van der Waals surface area contributed by atoms with Crippen LogP contribution in [0.25, 0.3) is 0 Å². The van der Waals surface area contributed by atoms with E-state index in [1.165, 1.54) is 6.92 Å². The standard InChI is InChI=1S/C21H32N6O4S/c1-13(2)10-18(12-28)23-20-24-19(25-21(26-20)27-32(5,30)31)11-14(3)16-6-8-17(9-7-16)22-15(4)29/h6-9,13-14,18,28H,10-12H2,1-5H3,(H,22,29)(H2,23,24,25,26,27). The molecule has 176 valence electrons. The van der Waals surface area contributed by atoms with Crippen molar-refractivity contribution in [1.82, 2.24) is 15.0 Å². The Morgan fingerprint density at radius 1 is 1.06 bits per heavy atom. The molecular formula is C21H32N6O4S. The van der Waals surface area contributed by atoms with Crippen LogP contribution >= 0.6 is 0 Å². The topological polar surface area (TPSA) is 146 Å². The van der Waals surface area contributed by atoms with E-state index >= 15 is 0 Å². The Morgan fingerprint density at radius 3 is 2.22 bits per heavy atom. The van der Waals surface area contributed by atoms with Gasteiger partial charge in [0.2, 0.25) is 27.8 Å². The van der Waals surface area contributed by atoms with E-state index < -0.39 is 10.0 Å². The molecule has 0 aliphatic rings. The molecule has 0 aliphatic heterocycles. The normalized spacial score (nSPS) is 13.5. The molecule has 2 aromatic rings. The van der Waals surface area contributed by atoms with Crippen LogP contribution in [-0.4, -0.2) is 53.3 Å². The highest BCUT2D eigenvalue weighted by molar-refractivity contribution is 7.91. The molecule has 11 heteroatoms. The Balaban J connectivity index is 2.26. The van der Waals surface area contributed by atoms with Gasteiger partial charge in [-0.05, 0) is 36.0 Å². The number of amides is 1. The number of sulfonamides is 1. The maximum absolute atomic E-state index is 11.7. The fraction of sp³-hybridized carbons (Fsp3) is 0.524. The minimum Gasteiger partial charge on any atom is -0.394 e. The summed E-state index contributed by atoms with van der Waals surface area (Å²) in [6.07, 6.45) is 2.16. The van der Waals surface area contributed by atoms with Crippen molar-refractivity contribution in [2.24, 2.45) is 5.92 Å². The lowest BCUT2D eigenvalue weighted by Crippen LogP contribution is -2.27. The predicted molar refractivity (Wildman–Crippen MR) is 125 cm³/mol. The first-order chi connectivity index (χ1) is 14.9. The minimum atomic E-state index is -3.57. The highest BCUT2D eigenvalue weighted by atomic mass is 32.2. The third kappa shape index (κ3) is 8.75. The fourth-order valence-electron chi connectivity index (χ4n) is 3.21. The summed E-state index contributed by atoms with van der Waals surface area (Å²) in [4.78, 5) is 24.1. The smallest absolute Gasteiger partial charge is 0.241 e. The second kappa shape index (κ2) is 11.2. The van der Waals surface area contributed by atoms with Gasteiger partial charge in [-0.15, -0.1) is 0 Å². The summed E-state index contributed by atoms with van der Waals surface area (Å²) in [7, 11) is -3.57. The number of nitrogens with zero attached hydrogens (tertiary/aromatic N) is 3. The summed E-state index contributed by atoms with van der Waals surface area (Å²) in [6.45, 7) is 7.43. The van der Waals surface area contributed by atoms with Crippen molar-refractivity contribution in [2.45, 2.75) is 52.5 Å². The molecule has 2 atom stereocenters. The number of aromatic nitrogens is 3. The van der Waals surface area contributed by atoms with E-state index in [-0.39, 0.29) is 36.4 Å². The SMILES string of the molecule is CC(=O)Nc1ccc(C(C)Cc2nc(NC(CO)CC(C)C)nc(NS(C)(=O)=O)n2)cc1. The van der Waals surface area contributed by atoms with Crippen molar-refractivity contribution in [3.05, 3.63) is 35.7 Å². The Bertz CT molecular complexity index is 1010. The number of carbonyl (C=O) groups is 1. The van der Waals surface area contributed by atoms with E-state index in [0.29, 0.717) is 30.3 Å². The van der Waals surface area contributed by atoms with Crippen molar-refractivity contribution >= 4 is 33.5 Å². The molecule has 0 bridgehead atoms. The van der Waals surface area contributed by atoms with Gasteiger partial charge in [-0.3, -0.25) is 9.52 Å². The molecule has 0 spiro atoms. The quantitative estimate of drug-likeness (QED) is 0.396. The number of hydrogen-bond donors (Lipinski definition) is 4. The van der Waals surface area contributed by atoms with Crippen LogP contribution in [0.3, 0.4) is 0 Å². The van der Waals surface area contributed by atoms with Gasteiger partial charge in [0.25, 0.3) is 0 Å². The maximum atomic E-state index is 11.7. The number of aliphatic hydroxyl groups is 1. The number of benzene rings is 1. The molecule has 4 N–H and O–H groups in total. The van der Waals surface area contributed by atoms with Gasteiger partial charge in [0.05, 0.1) is 18.9 Å². The second-order valence-electron chi connectivity index (χ2n) is 8.33. The molecule has 0 radical (unpaired) electrons. The number of rotatable bonds is 11. The van der Waals surface area contributed by atoms with Gasteiger partial charge in [0.1, 0.15) is 5.82 Å². The molecule has 0 fully saturated rings. The van der Waals surface area contributed by atoms with Crippen LogP contribution in [0.2, 0.25) is 0 Å². The van der Waals surface area contributed by atoms with Gasteiger partial charge in [0, 0.05) is 19.0 Å². The van der Waals surface area contributed by atoms with Crippen molar-refractivity contribution in [2.75, 3.05) is 28.2 Å². The molecular weight excluding hydrogens is 432 g/mol. The lowest BCUT2D eigenvalue weighted by atomic mass is 9.97. The summed E-state index contributed by atoms with van der Waals surface area (Å²) in [6, 6.07) is 7.20. The summed E-state index contributed by atoms with van der Waals surface area (Å²) in [5, 5.41) is 15.5. The Hall–Kier alpha value is -2.79. The van der Waals surface area contributed by atoms with Crippen LogP contribution in [-0.2, 0) is 21.2 Å². The zero-order chi connectivity index (χ0) is 23.9. The molecule has 1 aromatic carbocycles. The predicted octanol–water partition coefficient (Wildman–Crippen LogP) is 2.37. The lowest BCUT2D eigenvalue weighted by Gasteiger charge is -2.19. The highest BCUT2D eigenvalue weighted by Gasteiger charge is 2.17. The van der Waals surface area contributed by atoms with E-state index in [0.717, 1.165) is 11.8 Å². The van der Waals surface area contributed by atoms with Crippen LogP contribution in [0.5, 0.6) is 0 Å². The summed E-state index contributed by atoms with van der Waals surface area (Å²) in [5.74, 6) is 0.763. The molecule has 2 rings (SSSR count). The zero-order valence-corrected chi connectivity index (χ0v) is 19.9. The van der Waals surface area contributed by atoms with Crippen molar-refractivity contribution in [1.29, 1.82) is 0 Å². The molecule has 1 aromatic heterocycles. The molecule has 2 unspecified atom stereocenters. The third-order valence-electron chi connectivity index (χ3n) is 4.56. The maximum Gasteiger partial charge on any atom is 0.241 e. The summed E-state index contributed by atoms with van der Waals surface area (Å²) >= 11 is 0. The fourth-order valence-corrected chi connectivity index (χ4v) is 3.63. The number of nitrogens with one attached hydrogen (secondary N) is 3. The van der Waals surface area contributed by atoms with Crippen molar-refractivity contribution < 1.29 is 18.3 Å². The van der Waals surface area contributed by atoms with E-state index in [2.05, 4.69) is 30.3 Å². The number of hydrogen-bond acceptors (Lipinski definition) is 8. The Kier molecular flexibility index (Phi) is 8.90. The highest BCUT2D eigenvalue weighted by Crippen LogP contribution is 2.22. The first-order valence-corrected chi connectivity index (χ1v) is 12.3. The van der Waals surface area contributed by atoms with E-state index in [1.54, 1.807) is 0 Å². The molecule has 1 amide bonds. The van der Waals surface area contributed by atoms with Crippen LogP contribution in [0.4, 0.5) is 17.6 Å². The molecule has 0 aliphatic carbocycles. The van der Waals surface area contributed by atoms with E-state index in [1.807, 2.05) is 45.0 Å². The zero-order valence-electron chi connectivity index (χ0n) is 19.1. The number of aliphatic hydroxyl groups excluding tert-OH is 1. The number of anilines is 3. The first-order valence-electron chi connectivity index (χ1n) is 10.4. The molecule has 1 heterocycles. The minimum absolute atomic E-state index is 0.0204. The van der Waals surface area contributed by atoms with Crippen LogP contribution < -0.4 is 15.4 Å². The average molecular weight is 465 g/mol. The van der Waals surface area contributed by atoms with Crippen LogP contribution in [0.1, 0.15) is 51.4 Å². The first kappa shape index (κ1) is 25.5. The van der Waals surface area contributed by atoms with Gasteiger partial charge < -0.3 is 15.7 Å².